The van der Waals surface area contributed by atoms with E-state index in [-0.39, 0.29) is 0 Å². The fourth-order valence-electron chi connectivity index (χ4n) is 3.16. The first-order valence-corrected chi connectivity index (χ1v) is 8.39. The topological polar surface area (TPSA) is 56.7 Å². The average Bonchev–Trinajstić information content (AvgIpc) is 2.95. The predicted molar refractivity (Wildman–Crippen MR) is 89.6 cm³/mol. The first-order valence-electron chi connectivity index (χ1n) is 8.39. The van der Waals surface area contributed by atoms with Crippen LogP contribution in [0.1, 0.15) is 57.2 Å². The van der Waals surface area contributed by atoms with Crippen LogP contribution in [0, 0.1) is 5.92 Å². The summed E-state index contributed by atoms with van der Waals surface area (Å²) < 4.78 is 2.12. The minimum atomic E-state index is 0.449. The van der Waals surface area contributed by atoms with Gasteiger partial charge in [0.05, 0.1) is 17.9 Å². The minimum Gasteiger partial charge on any atom is -0.330 e. The Balaban J connectivity index is 1.66. The molecule has 1 aliphatic carbocycles. The largest absolute Gasteiger partial charge is 0.330 e. The molecule has 2 N–H and O–H groups in total. The summed E-state index contributed by atoms with van der Waals surface area (Å²) in [6, 6.07) is 6.80. The Morgan fingerprint density at radius 2 is 2.14 bits per heavy atom. The third kappa shape index (κ3) is 3.22. The van der Waals surface area contributed by atoms with Crippen LogP contribution in [0.25, 0.3) is 11.3 Å². The van der Waals surface area contributed by atoms with Gasteiger partial charge in [-0.1, -0.05) is 19.9 Å². The Labute approximate surface area is 132 Å². The van der Waals surface area contributed by atoms with Crippen molar-refractivity contribution in [2.75, 3.05) is 6.54 Å². The summed E-state index contributed by atoms with van der Waals surface area (Å²) in [6.07, 6.45) is 8.98. The molecule has 0 unspecified atom stereocenters. The number of pyridine rings is 1. The molecule has 4 nitrogen and oxygen atoms in total. The van der Waals surface area contributed by atoms with Crippen LogP contribution in [0.2, 0.25) is 0 Å². The molecule has 2 aromatic rings. The van der Waals surface area contributed by atoms with Gasteiger partial charge in [0.2, 0.25) is 0 Å². The summed E-state index contributed by atoms with van der Waals surface area (Å²) in [5.41, 5.74) is 8.86. The van der Waals surface area contributed by atoms with Crippen molar-refractivity contribution in [2.24, 2.45) is 11.7 Å². The maximum absolute atomic E-state index is 5.58. The van der Waals surface area contributed by atoms with Gasteiger partial charge in [0, 0.05) is 17.5 Å². The zero-order valence-corrected chi connectivity index (χ0v) is 13.6. The molecule has 2 heterocycles. The summed E-state index contributed by atoms with van der Waals surface area (Å²) in [7, 11) is 0. The van der Waals surface area contributed by atoms with E-state index in [1.807, 2.05) is 6.20 Å². The van der Waals surface area contributed by atoms with Crippen molar-refractivity contribution in [3.63, 3.8) is 0 Å². The first kappa shape index (κ1) is 15.2. The van der Waals surface area contributed by atoms with E-state index in [0.717, 1.165) is 35.8 Å². The van der Waals surface area contributed by atoms with E-state index in [0.29, 0.717) is 12.0 Å². The van der Waals surface area contributed by atoms with Crippen LogP contribution in [-0.2, 0) is 0 Å². The molecule has 0 amide bonds. The fourth-order valence-corrected chi connectivity index (χ4v) is 3.16. The molecule has 0 atom stereocenters. The second-order valence-corrected chi connectivity index (χ2v) is 6.73. The number of aromatic nitrogens is 3. The van der Waals surface area contributed by atoms with Crippen molar-refractivity contribution in [3.05, 3.63) is 36.3 Å². The Kier molecular flexibility index (Phi) is 4.57. The summed E-state index contributed by atoms with van der Waals surface area (Å²) >= 11 is 0. The average molecular weight is 298 g/mol. The molecule has 0 spiro atoms. The van der Waals surface area contributed by atoms with Crippen molar-refractivity contribution in [3.8, 4) is 11.3 Å². The molecule has 2 aromatic heterocycles. The molecule has 118 valence electrons. The number of rotatable bonds is 6. The van der Waals surface area contributed by atoms with E-state index < -0.39 is 0 Å². The molecule has 1 saturated carbocycles. The van der Waals surface area contributed by atoms with Crippen LogP contribution in [0.3, 0.4) is 0 Å². The van der Waals surface area contributed by atoms with E-state index in [1.54, 1.807) is 0 Å². The van der Waals surface area contributed by atoms with Crippen molar-refractivity contribution < 1.29 is 0 Å². The van der Waals surface area contributed by atoms with Gasteiger partial charge < -0.3 is 5.73 Å². The molecule has 22 heavy (non-hydrogen) atoms. The molecule has 4 heteroatoms. The van der Waals surface area contributed by atoms with Crippen molar-refractivity contribution >= 4 is 0 Å². The van der Waals surface area contributed by atoms with Gasteiger partial charge >= 0.3 is 0 Å². The van der Waals surface area contributed by atoms with E-state index in [9.17, 15) is 0 Å². The second kappa shape index (κ2) is 6.61. The third-order valence-electron chi connectivity index (χ3n) is 4.66. The molecule has 1 aliphatic rings. The maximum Gasteiger partial charge on any atom is 0.0736 e. The summed E-state index contributed by atoms with van der Waals surface area (Å²) in [6.45, 7) is 5.15. The van der Waals surface area contributed by atoms with Gasteiger partial charge in [0.25, 0.3) is 0 Å². The van der Waals surface area contributed by atoms with E-state index >= 15 is 0 Å². The molecule has 0 aromatic carbocycles. The molecule has 0 bridgehead atoms. The lowest BCUT2D eigenvalue weighted by atomic mass is 9.77. The van der Waals surface area contributed by atoms with Gasteiger partial charge in [-0.3, -0.25) is 9.67 Å². The van der Waals surface area contributed by atoms with Crippen LogP contribution in [0.5, 0.6) is 0 Å². The summed E-state index contributed by atoms with van der Waals surface area (Å²) in [5.74, 6) is 1.29. The Hall–Kier alpha value is -1.68. The zero-order chi connectivity index (χ0) is 15.5. The maximum atomic E-state index is 5.58. The van der Waals surface area contributed by atoms with Gasteiger partial charge in [-0.25, -0.2) is 0 Å². The molecule has 0 aliphatic heterocycles. The zero-order valence-electron chi connectivity index (χ0n) is 13.6. The normalized spacial score (nSPS) is 21.1. The number of hydrogen-bond acceptors (Lipinski definition) is 3. The first-order chi connectivity index (χ1) is 10.7. The van der Waals surface area contributed by atoms with Crippen LogP contribution in [0.4, 0.5) is 0 Å². The minimum absolute atomic E-state index is 0.449. The van der Waals surface area contributed by atoms with E-state index in [2.05, 4.69) is 48.0 Å². The standard InChI is InChI=1S/C18H26N4/c1-13(2)17-6-3-7-18(21-17)15-11-20-22(12-15)16-9-14(10-16)5-4-8-19/h3,6-7,11-14,16H,4-5,8-10,19H2,1-2H3. The molecule has 0 saturated heterocycles. The Morgan fingerprint density at radius 3 is 2.86 bits per heavy atom. The lowest BCUT2D eigenvalue weighted by molar-refractivity contribution is 0.171. The van der Waals surface area contributed by atoms with Crippen LogP contribution >= 0.6 is 0 Å². The van der Waals surface area contributed by atoms with Gasteiger partial charge in [0.15, 0.2) is 0 Å². The quantitative estimate of drug-likeness (QED) is 0.883. The summed E-state index contributed by atoms with van der Waals surface area (Å²) in [4.78, 5) is 4.75. The Morgan fingerprint density at radius 1 is 1.32 bits per heavy atom. The number of nitrogens with zero attached hydrogens (tertiary/aromatic N) is 3. The van der Waals surface area contributed by atoms with Crippen LogP contribution < -0.4 is 5.73 Å². The van der Waals surface area contributed by atoms with Gasteiger partial charge in [-0.05, 0) is 56.2 Å². The van der Waals surface area contributed by atoms with Gasteiger partial charge in [-0.2, -0.15) is 5.10 Å². The highest BCUT2D eigenvalue weighted by Crippen LogP contribution is 2.40. The lowest BCUT2D eigenvalue weighted by Gasteiger charge is -2.35. The van der Waals surface area contributed by atoms with Crippen LogP contribution in [0.15, 0.2) is 30.6 Å². The third-order valence-corrected chi connectivity index (χ3v) is 4.66. The number of hydrogen-bond donors (Lipinski definition) is 1. The monoisotopic (exact) mass is 298 g/mol. The van der Waals surface area contributed by atoms with Gasteiger partial charge in [-0.15, -0.1) is 0 Å². The highest BCUT2D eigenvalue weighted by Gasteiger charge is 2.30. The van der Waals surface area contributed by atoms with Gasteiger partial charge in [0.1, 0.15) is 0 Å². The molecule has 3 rings (SSSR count). The fraction of sp³-hybridized carbons (Fsp3) is 0.556. The number of nitrogens with two attached hydrogens (primary N) is 1. The smallest absolute Gasteiger partial charge is 0.0736 e. The van der Waals surface area contributed by atoms with E-state index in [4.69, 9.17) is 10.7 Å². The predicted octanol–water partition coefficient (Wildman–Crippen LogP) is 3.76. The van der Waals surface area contributed by atoms with Crippen LogP contribution in [-0.4, -0.2) is 21.3 Å². The Bertz CT molecular complexity index is 611. The molecular formula is C18H26N4. The summed E-state index contributed by atoms with van der Waals surface area (Å²) in [5, 5.41) is 4.56. The van der Waals surface area contributed by atoms with Crippen molar-refractivity contribution in [1.82, 2.24) is 14.8 Å². The SMILES string of the molecule is CC(C)c1cccc(-c2cnn(C3CC(CCCN)C3)c2)n1. The van der Waals surface area contributed by atoms with Crippen molar-refractivity contribution in [2.45, 2.75) is 51.5 Å². The molecule has 1 fully saturated rings. The second-order valence-electron chi connectivity index (χ2n) is 6.73. The highest BCUT2D eigenvalue weighted by atomic mass is 15.3. The van der Waals surface area contributed by atoms with E-state index in [1.165, 1.54) is 19.3 Å². The lowest BCUT2D eigenvalue weighted by Crippen LogP contribution is -2.27. The highest BCUT2D eigenvalue weighted by molar-refractivity contribution is 5.57. The van der Waals surface area contributed by atoms with Crippen molar-refractivity contribution in [1.29, 1.82) is 0 Å². The molecular weight excluding hydrogens is 272 g/mol. The molecule has 0 radical (unpaired) electrons.